The predicted octanol–water partition coefficient (Wildman–Crippen LogP) is 5.69. The van der Waals surface area contributed by atoms with Gasteiger partial charge in [-0.15, -0.1) is 0 Å². The Bertz CT molecular complexity index is 1690. The smallest absolute Gasteiger partial charge is 0.240 e. The molecule has 1 aliphatic heterocycles. The minimum absolute atomic E-state index is 0.0167. The zero-order valence-electron chi connectivity index (χ0n) is 22.2. The molecule has 41 heavy (non-hydrogen) atoms. The zero-order chi connectivity index (χ0) is 28.5. The first-order valence-electron chi connectivity index (χ1n) is 13.5. The molecule has 3 aromatic carbocycles. The Morgan fingerprint density at radius 1 is 0.951 bits per heavy atom. The molecule has 4 aromatic rings. The summed E-state index contributed by atoms with van der Waals surface area (Å²) in [5.41, 5.74) is 3.38. The molecule has 0 saturated heterocycles. The van der Waals surface area contributed by atoms with Crippen LogP contribution in [0, 0.1) is 0 Å². The Hall–Kier alpha value is -3.99. The molecule has 9 nitrogen and oxygen atoms in total. The van der Waals surface area contributed by atoms with E-state index < -0.39 is 15.4 Å². The van der Waals surface area contributed by atoms with Crippen molar-refractivity contribution in [1.29, 1.82) is 0 Å². The van der Waals surface area contributed by atoms with Crippen LogP contribution in [0.4, 0.5) is 23.1 Å². The summed E-state index contributed by atoms with van der Waals surface area (Å²) in [5, 5.41) is 10.2. The van der Waals surface area contributed by atoms with Crippen molar-refractivity contribution < 1.29 is 13.2 Å². The Labute approximate surface area is 243 Å². The molecule has 1 aliphatic carbocycles. The molecule has 11 heteroatoms. The van der Waals surface area contributed by atoms with E-state index in [1.165, 1.54) is 0 Å². The molecular weight excluding hydrogens is 560 g/mol. The van der Waals surface area contributed by atoms with Gasteiger partial charge in [-0.1, -0.05) is 48.4 Å². The van der Waals surface area contributed by atoms with Gasteiger partial charge in [0.2, 0.25) is 21.9 Å². The summed E-state index contributed by atoms with van der Waals surface area (Å²) in [4.78, 5) is 22.7. The third-order valence-corrected chi connectivity index (χ3v) is 9.33. The van der Waals surface area contributed by atoms with Gasteiger partial charge in [0, 0.05) is 41.2 Å². The number of sulfonamides is 1. The lowest BCUT2D eigenvalue weighted by Crippen LogP contribution is -2.45. The highest BCUT2D eigenvalue weighted by atomic mass is 35.5. The van der Waals surface area contributed by atoms with Crippen molar-refractivity contribution in [2.24, 2.45) is 0 Å². The number of rotatable bonds is 4. The third-order valence-electron chi connectivity index (χ3n) is 7.62. The maximum Gasteiger partial charge on any atom is 0.240 e. The van der Waals surface area contributed by atoms with Crippen molar-refractivity contribution in [3.05, 3.63) is 89.6 Å². The number of anilines is 4. The molecule has 4 bridgehead atoms. The largest absolute Gasteiger partial charge is 0.369 e. The molecular formula is C30H29ClN6O3S. The number of carbonyl (C=O) groups is 1. The Balaban J connectivity index is 1.23. The van der Waals surface area contributed by atoms with Crippen molar-refractivity contribution in [2.45, 2.75) is 36.0 Å². The van der Waals surface area contributed by atoms with E-state index in [2.05, 4.69) is 30.6 Å². The van der Waals surface area contributed by atoms with Crippen LogP contribution in [-0.4, -0.2) is 37.4 Å². The fourth-order valence-electron chi connectivity index (χ4n) is 5.17. The SMILES string of the molecule is O=C(Nc1ccc(-c2cnc3nc2NCCCNS(=O)(=O)c2cccc(c2)N3)cc1)C1(c2ccc(Cl)cc2)CCC1. The van der Waals surface area contributed by atoms with Crippen LogP contribution in [0.25, 0.3) is 11.1 Å². The molecule has 4 N–H and O–H groups in total. The Morgan fingerprint density at radius 2 is 1.73 bits per heavy atom. The van der Waals surface area contributed by atoms with Gasteiger partial charge in [-0.05, 0) is 72.9 Å². The van der Waals surface area contributed by atoms with Crippen molar-refractivity contribution >= 4 is 50.7 Å². The lowest BCUT2D eigenvalue weighted by atomic mass is 9.64. The highest BCUT2D eigenvalue weighted by molar-refractivity contribution is 7.89. The molecule has 1 aromatic heterocycles. The first kappa shape index (κ1) is 27.2. The molecule has 0 atom stereocenters. The molecule has 6 rings (SSSR count). The lowest BCUT2D eigenvalue weighted by molar-refractivity contribution is -0.124. The average molecular weight is 589 g/mol. The molecule has 1 saturated carbocycles. The van der Waals surface area contributed by atoms with Gasteiger partial charge in [0.05, 0.1) is 10.3 Å². The number of hydrogen-bond acceptors (Lipinski definition) is 7. The van der Waals surface area contributed by atoms with Crippen LogP contribution in [0.2, 0.25) is 5.02 Å². The van der Waals surface area contributed by atoms with Gasteiger partial charge in [-0.2, -0.15) is 4.98 Å². The number of nitrogens with zero attached hydrogens (tertiary/aromatic N) is 2. The van der Waals surface area contributed by atoms with Crippen LogP contribution >= 0.6 is 11.6 Å². The summed E-state index contributed by atoms with van der Waals surface area (Å²) < 4.78 is 27.9. The van der Waals surface area contributed by atoms with Crippen LogP contribution in [0.1, 0.15) is 31.2 Å². The Kier molecular flexibility index (Phi) is 7.37. The molecule has 2 heterocycles. The standard InChI is InChI=1S/C30H29ClN6O3S/c31-22-10-8-21(9-11-22)30(14-2-15-30)28(38)35-23-12-6-20(7-13-23)26-19-33-29-36-24-4-1-5-25(18-24)41(39,40)34-17-3-16-32-27(26)37-29/h1,4-13,18-19,34H,2-3,14-17H2,(H,35,38)(H2,32,33,36,37). The van der Waals surface area contributed by atoms with Crippen molar-refractivity contribution in [3.8, 4) is 11.1 Å². The van der Waals surface area contributed by atoms with E-state index in [0.717, 1.165) is 36.0 Å². The second-order valence-electron chi connectivity index (χ2n) is 10.3. The molecule has 210 valence electrons. The third kappa shape index (κ3) is 5.63. The summed E-state index contributed by atoms with van der Waals surface area (Å²) >= 11 is 6.07. The number of hydrogen-bond donors (Lipinski definition) is 4. The minimum atomic E-state index is -3.62. The van der Waals surface area contributed by atoms with E-state index in [1.807, 2.05) is 48.5 Å². The summed E-state index contributed by atoms with van der Waals surface area (Å²) in [6, 6.07) is 21.7. The fraction of sp³-hybridized carbons (Fsp3) is 0.233. The van der Waals surface area contributed by atoms with Crippen molar-refractivity contribution in [2.75, 3.05) is 29.0 Å². The normalized spacial score (nSPS) is 17.3. The fourth-order valence-corrected chi connectivity index (χ4v) is 6.42. The molecule has 0 unspecified atom stereocenters. The first-order chi connectivity index (χ1) is 19.8. The van der Waals surface area contributed by atoms with E-state index in [9.17, 15) is 13.2 Å². The van der Waals surface area contributed by atoms with E-state index >= 15 is 0 Å². The van der Waals surface area contributed by atoms with Gasteiger partial charge >= 0.3 is 0 Å². The van der Waals surface area contributed by atoms with Gasteiger partial charge in [0.15, 0.2) is 0 Å². The topological polar surface area (TPSA) is 125 Å². The van der Waals surface area contributed by atoms with Gasteiger partial charge in [-0.3, -0.25) is 4.79 Å². The molecule has 0 spiro atoms. The van der Waals surface area contributed by atoms with Crippen LogP contribution in [0.3, 0.4) is 0 Å². The number of carbonyl (C=O) groups excluding carboxylic acids is 1. The second kappa shape index (κ2) is 11.1. The van der Waals surface area contributed by atoms with E-state index in [4.69, 9.17) is 11.6 Å². The van der Waals surface area contributed by atoms with Crippen LogP contribution in [0.5, 0.6) is 0 Å². The van der Waals surface area contributed by atoms with Gasteiger partial charge in [-0.25, -0.2) is 18.1 Å². The van der Waals surface area contributed by atoms with E-state index in [0.29, 0.717) is 41.1 Å². The van der Waals surface area contributed by atoms with Crippen LogP contribution < -0.4 is 20.7 Å². The average Bonchev–Trinajstić information content (AvgIpc) is 2.94. The zero-order valence-corrected chi connectivity index (χ0v) is 23.7. The van der Waals surface area contributed by atoms with Gasteiger partial charge in [0.25, 0.3) is 0 Å². The van der Waals surface area contributed by atoms with Crippen molar-refractivity contribution in [3.63, 3.8) is 0 Å². The van der Waals surface area contributed by atoms with Crippen molar-refractivity contribution in [1.82, 2.24) is 14.7 Å². The quantitative estimate of drug-likeness (QED) is 0.241. The molecule has 1 fully saturated rings. The summed E-state index contributed by atoms with van der Waals surface area (Å²) in [7, 11) is -3.62. The maximum absolute atomic E-state index is 13.4. The summed E-state index contributed by atoms with van der Waals surface area (Å²) in [5.74, 6) is 0.945. The second-order valence-corrected chi connectivity index (χ2v) is 12.5. The van der Waals surface area contributed by atoms with E-state index in [1.54, 1.807) is 30.5 Å². The maximum atomic E-state index is 13.4. The van der Waals surface area contributed by atoms with Crippen LogP contribution in [-0.2, 0) is 20.2 Å². The molecule has 0 radical (unpaired) electrons. The van der Waals surface area contributed by atoms with Gasteiger partial charge < -0.3 is 16.0 Å². The minimum Gasteiger partial charge on any atom is -0.369 e. The molecule has 2 aliphatic rings. The first-order valence-corrected chi connectivity index (χ1v) is 15.3. The molecule has 1 amide bonds. The number of amides is 1. The number of benzene rings is 3. The number of halogens is 1. The summed E-state index contributed by atoms with van der Waals surface area (Å²) in [6.45, 7) is 0.788. The van der Waals surface area contributed by atoms with Gasteiger partial charge in [0.1, 0.15) is 5.82 Å². The monoisotopic (exact) mass is 588 g/mol. The number of fused-ring (bicyclic) bond motifs is 4. The van der Waals surface area contributed by atoms with Crippen LogP contribution in [0.15, 0.2) is 83.9 Å². The highest BCUT2D eigenvalue weighted by Crippen LogP contribution is 2.45. The lowest BCUT2D eigenvalue weighted by Gasteiger charge is -2.40. The number of nitrogens with one attached hydrogen (secondary N) is 4. The predicted molar refractivity (Wildman–Crippen MR) is 161 cm³/mol. The Morgan fingerprint density at radius 3 is 2.46 bits per heavy atom. The van der Waals surface area contributed by atoms with E-state index in [-0.39, 0.29) is 17.3 Å². The summed E-state index contributed by atoms with van der Waals surface area (Å²) in [6.07, 6.45) is 4.90. The number of aromatic nitrogens is 2. The highest BCUT2D eigenvalue weighted by Gasteiger charge is 2.45.